The first-order chi connectivity index (χ1) is 11.2. The first-order valence-corrected chi connectivity index (χ1v) is 8.53. The average molecular weight is 315 g/mol. The standard InChI is InChI=1S/C18H25N3O2/c1-19-15-9-12-20(13-10-15)18(23)16-8-5-11-21(16)17(22)14-6-3-2-4-7-14/h2-4,6-7,15-16,19H,5,8-13H2,1H3. The van der Waals surface area contributed by atoms with E-state index in [1.807, 2.05) is 42.3 Å². The van der Waals surface area contributed by atoms with Crippen LogP contribution in [0.15, 0.2) is 30.3 Å². The maximum atomic E-state index is 12.9. The first-order valence-electron chi connectivity index (χ1n) is 8.53. The lowest BCUT2D eigenvalue weighted by Gasteiger charge is -2.35. The van der Waals surface area contributed by atoms with Crippen LogP contribution in [-0.2, 0) is 4.79 Å². The summed E-state index contributed by atoms with van der Waals surface area (Å²) in [6, 6.07) is 9.49. The Morgan fingerprint density at radius 1 is 1.04 bits per heavy atom. The number of benzene rings is 1. The fourth-order valence-electron chi connectivity index (χ4n) is 3.61. The predicted octanol–water partition coefficient (Wildman–Crippen LogP) is 1.50. The van der Waals surface area contributed by atoms with Crippen LogP contribution in [0, 0.1) is 0 Å². The summed E-state index contributed by atoms with van der Waals surface area (Å²) in [4.78, 5) is 29.2. The predicted molar refractivity (Wildman–Crippen MR) is 89.2 cm³/mol. The zero-order valence-corrected chi connectivity index (χ0v) is 13.7. The second-order valence-corrected chi connectivity index (χ2v) is 6.41. The lowest BCUT2D eigenvalue weighted by atomic mass is 10.0. The quantitative estimate of drug-likeness (QED) is 0.920. The van der Waals surface area contributed by atoms with Gasteiger partial charge in [-0.05, 0) is 44.9 Å². The molecular weight excluding hydrogens is 290 g/mol. The van der Waals surface area contributed by atoms with Crippen LogP contribution < -0.4 is 5.32 Å². The summed E-state index contributed by atoms with van der Waals surface area (Å²) in [5.41, 5.74) is 0.668. The molecule has 1 aromatic carbocycles. The normalized spacial score (nSPS) is 22.4. The molecule has 0 radical (unpaired) electrons. The smallest absolute Gasteiger partial charge is 0.254 e. The van der Waals surface area contributed by atoms with E-state index in [4.69, 9.17) is 0 Å². The summed E-state index contributed by atoms with van der Waals surface area (Å²) in [6.45, 7) is 2.25. The molecular formula is C18H25N3O2. The largest absolute Gasteiger partial charge is 0.341 e. The van der Waals surface area contributed by atoms with Gasteiger partial charge in [-0.25, -0.2) is 0 Å². The summed E-state index contributed by atoms with van der Waals surface area (Å²) >= 11 is 0. The van der Waals surface area contributed by atoms with Crippen LogP contribution in [0.3, 0.4) is 0 Å². The number of likely N-dealkylation sites (tertiary alicyclic amines) is 2. The van der Waals surface area contributed by atoms with Gasteiger partial charge in [-0.15, -0.1) is 0 Å². The second-order valence-electron chi connectivity index (χ2n) is 6.41. The minimum Gasteiger partial charge on any atom is -0.341 e. The van der Waals surface area contributed by atoms with Crippen LogP contribution in [0.1, 0.15) is 36.0 Å². The van der Waals surface area contributed by atoms with Gasteiger partial charge in [-0.2, -0.15) is 0 Å². The van der Waals surface area contributed by atoms with Gasteiger partial charge >= 0.3 is 0 Å². The van der Waals surface area contributed by atoms with E-state index < -0.39 is 0 Å². The highest BCUT2D eigenvalue weighted by Gasteiger charge is 2.37. The Balaban J connectivity index is 1.67. The van der Waals surface area contributed by atoms with Crippen LogP contribution in [-0.4, -0.2) is 60.4 Å². The summed E-state index contributed by atoms with van der Waals surface area (Å²) in [5.74, 6) is 0.105. The molecule has 0 aromatic heterocycles. The number of nitrogens with one attached hydrogen (secondary N) is 1. The monoisotopic (exact) mass is 315 g/mol. The van der Waals surface area contributed by atoms with Gasteiger partial charge in [0.1, 0.15) is 6.04 Å². The van der Waals surface area contributed by atoms with Crippen molar-refractivity contribution in [3.8, 4) is 0 Å². The summed E-state index contributed by atoms with van der Waals surface area (Å²) in [6.07, 6.45) is 3.66. The highest BCUT2D eigenvalue weighted by atomic mass is 16.2. The number of hydrogen-bond acceptors (Lipinski definition) is 3. The third-order valence-electron chi connectivity index (χ3n) is 5.03. The Hall–Kier alpha value is -1.88. The van der Waals surface area contributed by atoms with E-state index >= 15 is 0 Å². The molecule has 5 nitrogen and oxygen atoms in total. The minimum absolute atomic E-state index is 0.0217. The van der Waals surface area contributed by atoms with Gasteiger partial charge in [0, 0.05) is 31.2 Å². The van der Waals surface area contributed by atoms with E-state index in [1.54, 1.807) is 4.90 Å². The van der Waals surface area contributed by atoms with Gasteiger partial charge in [0.2, 0.25) is 5.91 Å². The van der Waals surface area contributed by atoms with Gasteiger partial charge in [0.05, 0.1) is 0 Å². The molecule has 0 bridgehead atoms. The molecule has 1 N–H and O–H groups in total. The van der Waals surface area contributed by atoms with E-state index in [2.05, 4.69) is 5.32 Å². The third-order valence-corrected chi connectivity index (χ3v) is 5.03. The molecule has 124 valence electrons. The minimum atomic E-state index is -0.283. The number of carbonyl (C=O) groups is 2. The van der Waals surface area contributed by atoms with Gasteiger partial charge in [0.25, 0.3) is 5.91 Å². The average Bonchev–Trinajstić information content (AvgIpc) is 3.11. The third kappa shape index (κ3) is 3.39. The molecule has 1 atom stereocenters. The lowest BCUT2D eigenvalue weighted by molar-refractivity contribution is -0.136. The molecule has 0 aliphatic carbocycles. The van der Waals surface area contributed by atoms with Crippen molar-refractivity contribution in [1.29, 1.82) is 0 Å². The summed E-state index contributed by atoms with van der Waals surface area (Å²) in [7, 11) is 1.97. The topological polar surface area (TPSA) is 52.7 Å². The Kier molecular flexibility index (Phi) is 4.96. The van der Waals surface area contributed by atoms with Crippen molar-refractivity contribution in [2.24, 2.45) is 0 Å². The van der Waals surface area contributed by atoms with Crippen molar-refractivity contribution in [3.63, 3.8) is 0 Å². The first kappa shape index (κ1) is 16.0. The molecule has 2 aliphatic rings. The number of hydrogen-bond donors (Lipinski definition) is 1. The number of amides is 2. The van der Waals surface area contributed by atoms with E-state index in [1.165, 1.54) is 0 Å². The zero-order chi connectivity index (χ0) is 16.2. The number of nitrogens with zero attached hydrogens (tertiary/aromatic N) is 2. The fourth-order valence-corrected chi connectivity index (χ4v) is 3.61. The zero-order valence-electron chi connectivity index (χ0n) is 13.7. The Morgan fingerprint density at radius 2 is 1.74 bits per heavy atom. The number of rotatable bonds is 3. The molecule has 2 heterocycles. The second kappa shape index (κ2) is 7.13. The molecule has 0 spiro atoms. The molecule has 0 saturated carbocycles. The molecule has 1 aromatic rings. The maximum absolute atomic E-state index is 12.9. The van der Waals surface area contributed by atoms with E-state index in [0.717, 1.165) is 38.8 Å². The number of carbonyl (C=O) groups excluding carboxylic acids is 2. The van der Waals surface area contributed by atoms with Crippen LogP contribution >= 0.6 is 0 Å². The molecule has 3 rings (SSSR count). The van der Waals surface area contributed by atoms with Gasteiger partial charge in [-0.3, -0.25) is 9.59 Å². The Bertz CT molecular complexity index is 553. The summed E-state index contributed by atoms with van der Waals surface area (Å²) in [5, 5.41) is 3.28. The van der Waals surface area contributed by atoms with E-state index in [-0.39, 0.29) is 17.9 Å². The van der Waals surface area contributed by atoms with Crippen molar-refractivity contribution in [3.05, 3.63) is 35.9 Å². The molecule has 2 fully saturated rings. The molecule has 2 saturated heterocycles. The van der Waals surface area contributed by atoms with Gasteiger partial charge in [-0.1, -0.05) is 18.2 Å². The van der Waals surface area contributed by atoms with Crippen LogP contribution in [0.2, 0.25) is 0 Å². The van der Waals surface area contributed by atoms with Crippen molar-refractivity contribution in [2.45, 2.75) is 37.8 Å². The molecule has 2 amide bonds. The van der Waals surface area contributed by atoms with Crippen molar-refractivity contribution >= 4 is 11.8 Å². The number of piperidine rings is 1. The molecule has 23 heavy (non-hydrogen) atoms. The molecule has 5 heteroatoms. The fraction of sp³-hybridized carbons (Fsp3) is 0.556. The van der Waals surface area contributed by atoms with Crippen LogP contribution in [0.4, 0.5) is 0 Å². The van der Waals surface area contributed by atoms with Crippen LogP contribution in [0.5, 0.6) is 0 Å². The summed E-state index contributed by atoms with van der Waals surface area (Å²) < 4.78 is 0. The Morgan fingerprint density at radius 3 is 2.39 bits per heavy atom. The van der Waals surface area contributed by atoms with Gasteiger partial charge < -0.3 is 15.1 Å². The van der Waals surface area contributed by atoms with Gasteiger partial charge in [0.15, 0.2) is 0 Å². The highest BCUT2D eigenvalue weighted by Crippen LogP contribution is 2.23. The van der Waals surface area contributed by atoms with E-state index in [0.29, 0.717) is 18.2 Å². The SMILES string of the molecule is CNC1CCN(C(=O)C2CCCN2C(=O)c2ccccc2)CC1. The highest BCUT2D eigenvalue weighted by molar-refractivity contribution is 5.97. The molecule has 1 unspecified atom stereocenters. The maximum Gasteiger partial charge on any atom is 0.254 e. The van der Waals surface area contributed by atoms with E-state index in [9.17, 15) is 9.59 Å². The van der Waals surface area contributed by atoms with Crippen LogP contribution in [0.25, 0.3) is 0 Å². The lowest BCUT2D eigenvalue weighted by Crippen LogP contribution is -2.51. The van der Waals surface area contributed by atoms with Crippen molar-refractivity contribution < 1.29 is 9.59 Å². The van der Waals surface area contributed by atoms with Crippen molar-refractivity contribution in [1.82, 2.24) is 15.1 Å². The molecule has 2 aliphatic heterocycles. The van der Waals surface area contributed by atoms with Crippen molar-refractivity contribution in [2.75, 3.05) is 26.7 Å². The Labute approximate surface area is 137 Å².